The van der Waals surface area contributed by atoms with Crippen molar-refractivity contribution in [3.05, 3.63) is 84.2 Å². The Balaban J connectivity index is 0.00000274. The Hall–Kier alpha value is -3.91. The summed E-state index contributed by atoms with van der Waals surface area (Å²) in [5, 5.41) is 22.8. The summed E-state index contributed by atoms with van der Waals surface area (Å²) in [6.07, 6.45) is 3.92. The maximum absolute atomic E-state index is 13.3. The van der Waals surface area contributed by atoms with Crippen molar-refractivity contribution in [1.82, 2.24) is 15.3 Å². The van der Waals surface area contributed by atoms with Crippen molar-refractivity contribution in [2.45, 2.75) is 19.9 Å². The molecule has 8 nitrogen and oxygen atoms in total. The van der Waals surface area contributed by atoms with Gasteiger partial charge < -0.3 is 20.6 Å². The third kappa shape index (κ3) is 4.87. The van der Waals surface area contributed by atoms with Crippen molar-refractivity contribution >= 4 is 23.1 Å². The van der Waals surface area contributed by atoms with Gasteiger partial charge in [-0.05, 0) is 36.4 Å². The highest BCUT2D eigenvalue weighted by molar-refractivity contribution is 6.04. The monoisotopic (exact) mass is 458 g/mol. The van der Waals surface area contributed by atoms with Gasteiger partial charge in [0, 0.05) is 67.5 Å². The van der Waals surface area contributed by atoms with Gasteiger partial charge in [0.1, 0.15) is 5.75 Å². The fourth-order valence-corrected chi connectivity index (χ4v) is 4.28. The highest BCUT2D eigenvalue weighted by atomic mass is 16.3. The molecule has 2 aromatic carbocycles. The maximum atomic E-state index is 13.3. The number of hydrazone groups is 1. The molecule has 2 amide bonds. The molecule has 8 heteroatoms. The number of phenolic OH excluding ortho intramolecular Hbond substituents is 1. The summed E-state index contributed by atoms with van der Waals surface area (Å²) in [6.45, 7) is 3.87. The summed E-state index contributed by atoms with van der Waals surface area (Å²) in [4.78, 5) is 19.8. The minimum atomic E-state index is -0.415. The van der Waals surface area contributed by atoms with E-state index in [1.165, 1.54) is 5.01 Å². The Morgan fingerprint density at radius 2 is 1.79 bits per heavy atom. The second-order valence-corrected chi connectivity index (χ2v) is 8.13. The van der Waals surface area contributed by atoms with Crippen molar-refractivity contribution in [3.8, 4) is 5.75 Å². The van der Waals surface area contributed by atoms with Gasteiger partial charge in [0.2, 0.25) is 0 Å². The van der Waals surface area contributed by atoms with Crippen LogP contribution in [-0.2, 0) is 0 Å². The summed E-state index contributed by atoms with van der Waals surface area (Å²) in [5.41, 5.74) is 4.10. The van der Waals surface area contributed by atoms with Gasteiger partial charge in [0.25, 0.3) is 0 Å². The van der Waals surface area contributed by atoms with Crippen molar-refractivity contribution in [1.29, 1.82) is 0 Å². The maximum Gasteiger partial charge on any atom is 0.342 e. The lowest BCUT2D eigenvalue weighted by Crippen LogP contribution is -2.43. The number of hydrogen-bond acceptors (Lipinski definition) is 6. The highest BCUT2D eigenvalue weighted by Crippen LogP contribution is 2.37. The molecule has 1 saturated heterocycles. The molecule has 0 aliphatic carbocycles. The van der Waals surface area contributed by atoms with Gasteiger partial charge >= 0.3 is 6.03 Å². The predicted octanol–water partition coefficient (Wildman–Crippen LogP) is 4.22. The van der Waals surface area contributed by atoms with E-state index in [1.54, 1.807) is 24.5 Å². The number of urea groups is 1. The number of pyridine rings is 1. The van der Waals surface area contributed by atoms with Gasteiger partial charge in [-0.25, -0.2) is 9.80 Å². The van der Waals surface area contributed by atoms with Crippen LogP contribution >= 0.6 is 0 Å². The number of carbonyl (C=O) groups is 1. The van der Waals surface area contributed by atoms with E-state index in [0.717, 1.165) is 43.1 Å². The number of anilines is 2. The van der Waals surface area contributed by atoms with E-state index < -0.39 is 6.04 Å². The number of rotatable bonds is 4. The smallest absolute Gasteiger partial charge is 0.342 e. The summed E-state index contributed by atoms with van der Waals surface area (Å²) >= 11 is 0. The SMILES string of the molecule is C.O=C(Nc1ccc(N2CCNCC2)cc1)N1N=C(c2cccnc2)CC1c1ccccc1O. The number of piperazine rings is 1. The Morgan fingerprint density at radius 1 is 1.03 bits per heavy atom. The Bertz CT molecular complexity index is 1140. The molecule has 176 valence electrons. The van der Waals surface area contributed by atoms with Crippen LogP contribution in [0.25, 0.3) is 0 Å². The Kier molecular flexibility index (Phi) is 7.08. The molecule has 1 atom stereocenters. The van der Waals surface area contributed by atoms with Crippen molar-refractivity contribution in [2.24, 2.45) is 5.10 Å². The molecule has 1 unspecified atom stereocenters. The van der Waals surface area contributed by atoms with Gasteiger partial charge in [-0.3, -0.25) is 4.98 Å². The molecule has 34 heavy (non-hydrogen) atoms. The molecule has 0 saturated carbocycles. The first-order chi connectivity index (χ1) is 16.2. The number of phenols is 1. The van der Waals surface area contributed by atoms with Gasteiger partial charge in [-0.1, -0.05) is 31.7 Å². The van der Waals surface area contributed by atoms with E-state index in [-0.39, 0.29) is 19.2 Å². The molecule has 5 rings (SSSR count). The molecule has 0 spiro atoms. The van der Waals surface area contributed by atoms with Crippen LogP contribution in [0.4, 0.5) is 16.2 Å². The number of aromatic nitrogens is 1. The van der Waals surface area contributed by atoms with Crippen LogP contribution in [0, 0.1) is 0 Å². The highest BCUT2D eigenvalue weighted by Gasteiger charge is 2.34. The zero-order valence-corrected chi connectivity index (χ0v) is 18.2. The number of amides is 2. The van der Waals surface area contributed by atoms with E-state index in [4.69, 9.17) is 0 Å². The molecular weight excluding hydrogens is 428 g/mol. The van der Waals surface area contributed by atoms with Crippen LogP contribution in [-0.4, -0.2) is 53.0 Å². The third-order valence-corrected chi connectivity index (χ3v) is 6.01. The molecule has 3 N–H and O–H groups in total. The van der Waals surface area contributed by atoms with E-state index in [2.05, 4.69) is 25.6 Å². The minimum Gasteiger partial charge on any atom is -0.508 e. The molecule has 3 aromatic rings. The predicted molar refractivity (Wildman–Crippen MR) is 135 cm³/mol. The molecule has 1 aromatic heterocycles. The molecule has 0 radical (unpaired) electrons. The fourth-order valence-electron chi connectivity index (χ4n) is 4.28. The quantitative estimate of drug-likeness (QED) is 0.544. The summed E-state index contributed by atoms with van der Waals surface area (Å²) in [5.74, 6) is 0.142. The van der Waals surface area contributed by atoms with Crippen LogP contribution in [0.15, 0.2) is 78.2 Å². The molecule has 2 aliphatic rings. The standard InChI is InChI=1S/C25H26N6O2.CH4/c32-24-6-2-1-5-21(24)23-16-22(18-4-3-11-27-17-18)29-31(23)25(33)28-19-7-9-20(10-8-19)30-14-12-26-13-15-30;/h1-11,17,23,26,32H,12-16H2,(H,28,33);1H4. The topological polar surface area (TPSA) is 93.1 Å². The summed E-state index contributed by atoms with van der Waals surface area (Å²) in [7, 11) is 0. The zero-order valence-electron chi connectivity index (χ0n) is 18.2. The lowest BCUT2D eigenvalue weighted by Gasteiger charge is -2.29. The first-order valence-corrected chi connectivity index (χ1v) is 11.1. The normalized spacial score (nSPS) is 17.6. The van der Waals surface area contributed by atoms with Crippen molar-refractivity contribution < 1.29 is 9.90 Å². The van der Waals surface area contributed by atoms with E-state index in [9.17, 15) is 9.90 Å². The average Bonchev–Trinajstić information content (AvgIpc) is 3.31. The largest absolute Gasteiger partial charge is 0.508 e. The summed E-state index contributed by atoms with van der Waals surface area (Å²) < 4.78 is 0. The van der Waals surface area contributed by atoms with Crippen LogP contribution in [0.5, 0.6) is 5.75 Å². The van der Waals surface area contributed by atoms with Crippen LogP contribution in [0.1, 0.15) is 31.0 Å². The van der Waals surface area contributed by atoms with Crippen molar-refractivity contribution in [3.63, 3.8) is 0 Å². The minimum absolute atomic E-state index is 0. The first-order valence-electron chi connectivity index (χ1n) is 11.1. The molecular formula is C26H30N6O2. The summed E-state index contributed by atoms with van der Waals surface area (Å²) in [6, 6.07) is 17.9. The number of nitrogens with one attached hydrogen (secondary N) is 2. The first kappa shape index (κ1) is 23.3. The second-order valence-electron chi connectivity index (χ2n) is 8.13. The Morgan fingerprint density at radius 3 is 2.50 bits per heavy atom. The van der Waals surface area contributed by atoms with Crippen LogP contribution < -0.4 is 15.5 Å². The Labute approximate surface area is 199 Å². The molecule has 1 fully saturated rings. The zero-order chi connectivity index (χ0) is 22.6. The molecule has 0 bridgehead atoms. The van der Waals surface area contributed by atoms with Gasteiger partial charge in [0.05, 0.1) is 11.8 Å². The number of carbonyl (C=O) groups excluding carboxylic acids is 1. The number of hydrogen-bond donors (Lipinski definition) is 3. The average molecular weight is 459 g/mol. The number of benzene rings is 2. The fraction of sp³-hybridized carbons (Fsp3) is 0.269. The number of aromatic hydroxyl groups is 1. The van der Waals surface area contributed by atoms with Crippen LogP contribution in [0.3, 0.4) is 0 Å². The van der Waals surface area contributed by atoms with E-state index >= 15 is 0 Å². The van der Waals surface area contributed by atoms with Gasteiger partial charge in [0.15, 0.2) is 0 Å². The lowest BCUT2D eigenvalue weighted by molar-refractivity contribution is 0.199. The van der Waals surface area contributed by atoms with Gasteiger partial charge in [-0.15, -0.1) is 0 Å². The van der Waals surface area contributed by atoms with Crippen LogP contribution in [0.2, 0.25) is 0 Å². The van der Waals surface area contributed by atoms with E-state index in [1.807, 2.05) is 48.5 Å². The third-order valence-electron chi connectivity index (χ3n) is 6.01. The van der Waals surface area contributed by atoms with Crippen molar-refractivity contribution in [2.75, 3.05) is 36.4 Å². The second kappa shape index (κ2) is 10.4. The van der Waals surface area contributed by atoms with E-state index in [0.29, 0.717) is 17.7 Å². The molecule has 3 heterocycles. The molecule has 2 aliphatic heterocycles. The van der Waals surface area contributed by atoms with Gasteiger partial charge in [-0.2, -0.15) is 5.10 Å². The number of para-hydroxylation sites is 1. The lowest BCUT2D eigenvalue weighted by atomic mass is 9.98. The number of nitrogens with zero attached hydrogens (tertiary/aromatic N) is 4.